The molecule has 2 aromatic carbocycles. The Bertz CT molecular complexity index is 903. The zero-order valence-corrected chi connectivity index (χ0v) is 14.6. The van der Waals surface area contributed by atoms with E-state index in [2.05, 4.69) is 0 Å². The Labute approximate surface area is 156 Å². The fraction of sp³-hybridized carbons (Fsp3) is 0.238. The van der Waals surface area contributed by atoms with Crippen molar-refractivity contribution in [3.8, 4) is 0 Å². The lowest BCUT2D eigenvalue weighted by atomic mass is 10.0. The molecule has 2 aliphatic heterocycles. The molecule has 4 rings (SSSR count). The first-order chi connectivity index (χ1) is 13.1. The Morgan fingerprint density at radius 1 is 0.815 bits per heavy atom. The molecule has 2 heterocycles. The molecule has 1 unspecified atom stereocenters. The number of rotatable bonds is 4. The molecule has 2 aromatic rings. The van der Waals surface area contributed by atoms with Gasteiger partial charge in [0.2, 0.25) is 5.91 Å². The first-order valence-electron chi connectivity index (χ1n) is 8.93. The van der Waals surface area contributed by atoms with Gasteiger partial charge in [0.05, 0.1) is 11.1 Å². The highest BCUT2D eigenvalue weighted by Gasteiger charge is 2.46. The number of fused-ring (bicyclic) bond motifs is 1. The number of imide groups is 2. The molecular weight excluding hydrogens is 344 g/mol. The van der Waals surface area contributed by atoms with Crippen LogP contribution in [0.1, 0.15) is 39.1 Å². The van der Waals surface area contributed by atoms with Gasteiger partial charge in [0, 0.05) is 13.0 Å². The number of hydrogen-bond donors (Lipinski definition) is 0. The fourth-order valence-electron chi connectivity index (χ4n) is 3.67. The van der Waals surface area contributed by atoms with Crippen LogP contribution in [0.15, 0.2) is 54.6 Å². The van der Waals surface area contributed by atoms with Gasteiger partial charge in [0.25, 0.3) is 17.7 Å². The number of carbonyl (C=O) groups excluding carboxylic acids is 4. The van der Waals surface area contributed by atoms with E-state index in [0.29, 0.717) is 17.5 Å². The van der Waals surface area contributed by atoms with Crippen LogP contribution in [-0.2, 0) is 16.0 Å². The molecule has 0 spiro atoms. The molecule has 0 saturated carbocycles. The maximum absolute atomic E-state index is 12.9. The van der Waals surface area contributed by atoms with E-state index in [1.165, 1.54) is 4.90 Å². The monoisotopic (exact) mass is 362 g/mol. The van der Waals surface area contributed by atoms with Gasteiger partial charge in [-0.2, -0.15) is 0 Å². The van der Waals surface area contributed by atoms with Crippen LogP contribution in [0.3, 0.4) is 0 Å². The zero-order chi connectivity index (χ0) is 19.0. The molecular formula is C21H18N2O4. The highest BCUT2D eigenvalue weighted by atomic mass is 16.2. The van der Waals surface area contributed by atoms with Crippen molar-refractivity contribution >= 4 is 23.6 Å². The van der Waals surface area contributed by atoms with Crippen LogP contribution in [0.5, 0.6) is 0 Å². The normalized spacial score (nSPS) is 19.6. The summed E-state index contributed by atoms with van der Waals surface area (Å²) in [5.74, 6) is -1.67. The van der Waals surface area contributed by atoms with Crippen molar-refractivity contribution in [2.24, 2.45) is 0 Å². The lowest BCUT2D eigenvalue weighted by molar-refractivity contribution is -0.151. The van der Waals surface area contributed by atoms with Gasteiger partial charge in [-0.3, -0.25) is 29.0 Å². The smallest absolute Gasteiger partial charge is 0.262 e. The van der Waals surface area contributed by atoms with Crippen molar-refractivity contribution in [3.05, 3.63) is 71.3 Å². The molecule has 6 nitrogen and oxygen atoms in total. The largest absolute Gasteiger partial charge is 0.280 e. The number of hydrogen-bond acceptors (Lipinski definition) is 4. The van der Waals surface area contributed by atoms with E-state index >= 15 is 0 Å². The molecule has 0 aliphatic carbocycles. The third kappa shape index (κ3) is 2.93. The Morgan fingerprint density at radius 2 is 1.41 bits per heavy atom. The van der Waals surface area contributed by atoms with Crippen LogP contribution in [0.2, 0.25) is 0 Å². The summed E-state index contributed by atoms with van der Waals surface area (Å²) >= 11 is 0. The summed E-state index contributed by atoms with van der Waals surface area (Å²) in [6.45, 7) is 0.237. The SMILES string of the molecule is O=C1CCC(N2C(=O)c3ccccc3C2=O)C(=O)N1CCc1ccccc1. The summed E-state index contributed by atoms with van der Waals surface area (Å²) in [6, 6.07) is 15.2. The van der Waals surface area contributed by atoms with Gasteiger partial charge in [-0.25, -0.2) is 0 Å². The van der Waals surface area contributed by atoms with Crippen molar-refractivity contribution in [2.45, 2.75) is 25.3 Å². The quantitative estimate of drug-likeness (QED) is 0.780. The minimum atomic E-state index is -0.925. The van der Waals surface area contributed by atoms with Crippen molar-refractivity contribution in [3.63, 3.8) is 0 Å². The van der Waals surface area contributed by atoms with Gasteiger partial charge >= 0.3 is 0 Å². The van der Waals surface area contributed by atoms with Crippen molar-refractivity contribution in [2.75, 3.05) is 6.54 Å². The summed E-state index contributed by atoms with van der Waals surface area (Å²) in [7, 11) is 0. The van der Waals surface area contributed by atoms with E-state index in [0.717, 1.165) is 10.5 Å². The highest BCUT2D eigenvalue weighted by Crippen LogP contribution is 2.29. The first kappa shape index (κ1) is 17.1. The topological polar surface area (TPSA) is 74.8 Å². The first-order valence-corrected chi connectivity index (χ1v) is 8.93. The van der Waals surface area contributed by atoms with Crippen molar-refractivity contribution in [1.82, 2.24) is 9.80 Å². The van der Waals surface area contributed by atoms with Crippen molar-refractivity contribution in [1.29, 1.82) is 0 Å². The average Bonchev–Trinajstić information content (AvgIpc) is 2.94. The Balaban J connectivity index is 1.54. The predicted molar refractivity (Wildman–Crippen MR) is 96.8 cm³/mol. The molecule has 0 N–H and O–H groups in total. The van der Waals surface area contributed by atoms with Crippen LogP contribution in [0.4, 0.5) is 0 Å². The lowest BCUT2D eigenvalue weighted by Gasteiger charge is -2.34. The average molecular weight is 362 g/mol. The molecule has 0 aromatic heterocycles. The van der Waals surface area contributed by atoms with Crippen LogP contribution >= 0.6 is 0 Å². The third-order valence-corrected chi connectivity index (χ3v) is 5.09. The number of likely N-dealkylation sites (tertiary alicyclic amines) is 1. The molecule has 27 heavy (non-hydrogen) atoms. The zero-order valence-electron chi connectivity index (χ0n) is 14.6. The molecule has 1 atom stereocenters. The maximum Gasteiger partial charge on any atom is 0.262 e. The molecule has 1 fully saturated rings. The fourth-order valence-corrected chi connectivity index (χ4v) is 3.67. The van der Waals surface area contributed by atoms with Crippen LogP contribution in [-0.4, -0.2) is 46.0 Å². The van der Waals surface area contributed by atoms with Crippen LogP contribution < -0.4 is 0 Å². The minimum Gasteiger partial charge on any atom is -0.280 e. The van der Waals surface area contributed by atoms with E-state index in [1.54, 1.807) is 24.3 Å². The third-order valence-electron chi connectivity index (χ3n) is 5.09. The van der Waals surface area contributed by atoms with Crippen LogP contribution in [0, 0.1) is 0 Å². The number of carbonyl (C=O) groups is 4. The van der Waals surface area contributed by atoms with E-state index in [-0.39, 0.29) is 25.3 Å². The Kier molecular flexibility index (Phi) is 4.32. The Morgan fingerprint density at radius 3 is 2.04 bits per heavy atom. The number of benzene rings is 2. The van der Waals surface area contributed by atoms with E-state index in [1.807, 2.05) is 30.3 Å². The molecule has 0 radical (unpaired) electrons. The maximum atomic E-state index is 12.9. The second kappa shape index (κ2) is 6.79. The highest BCUT2D eigenvalue weighted by molar-refractivity contribution is 6.23. The van der Waals surface area contributed by atoms with Gasteiger partial charge in [-0.1, -0.05) is 42.5 Å². The molecule has 4 amide bonds. The second-order valence-corrected chi connectivity index (χ2v) is 6.70. The lowest BCUT2D eigenvalue weighted by Crippen LogP contribution is -2.56. The summed E-state index contributed by atoms with van der Waals surface area (Å²) in [4.78, 5) is 52.8. The summed E-state index contributed by atoms with van der Waals surface area (Å²) < 4.78 is 0. The van der Waals surface area contributed by atoms with E-state index < -0.39 is 23.8 Å². The summed E-state index contributed by atoms with van der Waals surface area (Å²) in [5, 5.41) is 0. The standard InChI is InChI=1S/C21H18N2O4/c24-18-11-10-17(21(27)22(18)13-12-14-6-2-1-3-7-14)23-19(25)15-8-4-5-9-16(15)20(23)26/h1-9,17H,10-13H2. The van der Waals surface area contributed by atoms with Crippen molar-refractivity contribution < 1.29 is 19.2 Å². The van der Waals surface area contributed by atoms with E-state index in [9.17, 15) is 19.2 Å². The molecule has 1 saturated heterocycles. The molecule has 2 aliphatic rings. The molecule has 136 valence electrons. The number of amides is 4. The van der Waals surface area contributed by atoms with Gasteiger partial charge in [0.1, 0.15) is 6.04 Å². The number of piperidine rings is 1. The second-order valence-electron chi connectivity index (χ2n) is 6.70. The van der Waals surface area contributed by atoms with E-state index in [4.69, 9.17) is 0 Å². The summed E-state index contributed by atoms with van der Waals surface area (Å²) in [6.07, 6.45) is 0.844. The van der Waals surface area contributed by atoms with Gasteiger partial charge in [-0.05, 0) is 30.5 Å². The van der Waals surface area contributed by atoms with Gasteiger partial charge in [-0.15, -0.1) is 0 Å². The Hall–Kier alpha value is -3.28. The molecule has 0 bridgehead atoms. The van der Waals surface area contributed by atoms with Gasteiger partial charge < -0.3 is 0 Å². The minimum absolute atomic E-state index is 0.138. The summed E-state index contributed by atoms with van der Waals surface area (Å²) in [5.41, 5.74) is 1.63. The predicted octanol–water partition coefficient (Wildman–Crippen LogP) is 2.04. The number of nitrogens with zero attached hydrogens (tertiary/aromatic N) is 2. The van der Waals surface area contributed by atoms with Gasteiger partial charge in [0.15, 0.2) is 0 Å². The van der Waals surface area contributed by atoms with Crippen LogP contribution in [0.25, 0.3) is 0 Å². The molecule has 6 heteroatoms.